The van der Waals surface area contributed by atoms with Gasteiger partial charge >= 0.3 is 0 Å². The molecule has 1 spiro atoms. The number of hydrogen-bond donors (Lipinski definition) is 1. The molecule has 0 aromatic carbocycles. The highest BCUT2D eigenvalue weighted by molar-refractivity contribution is 5.79. The summed E-state index contributed by atoms with van der Waals surface area (Å²) in [6.07, 6.45) is 13.5. The van der Waals surface area contributed by atoms with E-state index in [0.29, 0.717) is 29.3 Å². The smallest absolute Gasteiger partial charge is 0.133 e. The Morgan fingerprint density at radius 3 is 2.56 bits per heavy atom. The average Bonchev–Trinajstić information content (AvgIpc) is 3.35. The summed E-state index contributed by atoms with van der Waals surface area (Å²) in [5.41, 5.74) is 4.00. The van der Waals surface area contributed by atoms with Crippen molar-refractivity contribution in [3.8, 4) is 0 Å². The van der Waals surface area contributed by atoms with Gasteiger partial charge in [0.05, 0.1) is 11.7 Å². The van der Waals surface area contributed by atoms with Gasteiger partial charge in [0.2, 0.25) is 0 Å². The molecule has 9 atom stereocenters. The fraction of sp³-hybridized carbons (Fsp3) is 0.903. The number of Topliss-reactive ketones (excluding diaryl/α,β-unsaturated/α-hetero) is 1. The van der Waals surface area contributed by atoms with Crippen molar-refractivity contribution in [3.05, 3.63) is 11.1 Å². The SMILES string of the molecule is CC.CC.CC1=C2CC3C(CCC4CC(=O)CCC43C)C2CCC2(C1)CC1NCC(C)CC1O2. The third-order valence-electron chi connectivity index (χ3n) is 10.8. The minimum absolute atomic E-state index is 0.0989. The van der Waals surface area contributed by atoms with Gasteiger partial charge in [-0.3, -0.25) is 4.79 Å². The van der Waals surface area contributed by atoms with Crippen LogP contribution in [-0.2, 0) is 9.53 Å². The first kappa shape index (κ1) is 26.4. The first-order valence-corrected chi connectivity index (χ1v) is 15.0. The molecule has 1 N–H and O–H groups in total. The zero-order valence-corrected chi connectivity index (χ0v) is 23.3. The quantitative estimate of drug-likeness (QED) is 0.372. The number of allylic oxidation sites excluding steroid dienone is 1. The second kappa shape index (κ2) is 10.4. The largest absolute Gasteiger partial charge is 0.370 e. The predicted molar refractivity (Wildman–Crippen MR) is 142 cm³/mol. The van der Waals surface area contributed by atoms with E-state index in [2.05, 4.69) is 26.1 Å². The van der Waals surface area contributed by atoms with Crippen LogP contribution in [0.25, 0.3) is 0 Å². The normalized spacial score (nSPS) is 47.3. The van der Waals surface area contributed by atoms with Gasteiger partial charge in [0.15, 0.2) is 0 Å². The maximum atomic E-state index is 12.1. The molecule has 2 heterocycles. The molecule has 6 aliphatic rings. The number of ketones is 1. The van der Waals surface area contributed by atoms with E-state index in [-0.39, 0.29) is 5.60 Å². The Kier molecular flexibility index (Phi) is 8.05. The molecule has 0 aromatic rings. The van der Waals surface area contributed by atoms with Crippen molar-refractivity contribution in [1.82, 2.24) is 5.32 Å². The third-order valence-corrected chi connectivity index (χ3v) is 10.8. The fourth-order valence-corrected chi connectivity index (χ4v) is 9.23. The Balaban J connectivity index is 0.000000652. The standard InChI is InChI=1S/C27H41NO2.2C2H6/c1-16-10-25-24(28-15-16)14-27(30-25)9-7-20-21-5-4-18-11-19(29)6-8-26(18,3)23(21)12-22(20)17(2)13-27;2*1-2/h16,18,20-21,23-25,28H,4-15H2,1-3H3;2*1-2H3. The molecular formula is C31H53NO2. The fourth-order valence-electron chi connectivity index (χ4n) is 9.23. The lowest BCUT2D eigenvalue weighted by atomic mass is 9.52. The van der Waals surface area contributed by atoms with Crippen LogP contribution in [0.5, 0.6) is 0 Å². The summed E-state index contributed by atoms with van der Waals surface area (Å²) in [6, 6.07) is 0.582. The molecule has 194 valence electrons. The molecule has 4 aliphatic carbocycles. The van der Waals surface area contributed by atoms with Crippen molar-refractivity contribution in [1.29, 1.82) is 0 Å². The number of carbonyl (C=O) groups excluding carboxylic acids is 1. The summed E-state index contributed by atoms with van der Waals surface area (Å²) in [6.45, 7) is 16.5. The lowest BCUT2D eigenvalue weighted by Crippen LogP contribution is -2.46. The van der Waals surface area contributed by atoms with Gasteiger partial charge in [0.25, 0.3) is 0 Å². The summed E-state index contributed by atoms with van der Waals surface area (Å²) in [7, 11) is 0. The number of piperidine rings is 1. The van der Waals surface area contributed by atoms with Crippen LogP contribution >= 0.6 is 0 Å². The van der Waals surface area contributed by atoms with Gasteiger partial charge in [-0.05, 0) is 106 Å². The predicted octanol–water partition coefficient (Wildman–Crippen LogP) is 7.49. The van der Waals surface area contributed by atoms with Crippen LogP contribution in [0.3, 0.4) is 0 Å². The van der Waals surface area contributed by atoms with Crippen LogP contribution in [0.15, 0.2) is 11.1 Å². The van der Waals surface area contributed by atoms with Crippen LogP contribution in [0.2, 0.25) is 0 Å². The highest BCUT2D eigenvalue weighted by atomic mass is 16.5. The van der Waals surface area contributed by atoms with E-state index in [4.69, 9.17) is 4.74 Å². The Morgan fingerprint density at radius 2 is 1.79 bits per heavy atom. The Bertz CT molecular complexity index is 773. The molecular weight excluding hydrogens is 418 g/mol. The summed E-state index contributed by atoms with van der Waals surface area (Å²) in [5, 5.41) is 3.80. The Morgan fingerprint density at radius 1 is 1.03 bits per heavy atom. The number of rotatable bonds is 0. The second-order valence-electron chi connectivity index (χ2n) is 12.5. The molecule has 0 amide bonds. The number of nitrogens with one attached hydrogen (secondary N) is 1. The summed E-state index contributed by atoms with van der Waals surface area (Å²) in [5.74, 6) is 4.41. The monoisotopic (exact) mass is 471 g/mol. The van der Waals surface area contributed by atoms with Crippen LogP contribution in [0, 0.1) is 35.0 Å². The van der Waals surface area contributed by atoms with E-state index >= 15 is 0 Å². The van der Waals surface area contributed by atoms with Gasteiger partial charge in [-0.1, -0.05) is 52.7 Å². The van der Waals surface area contributed by atoms with E-state index in [1.165, 1.54) is 51.4 Å². The Labute approximate surface area is 210 Å². The maximum absolute atomic E-state index is 12.1. The lowest BCUT2D eigenvalue weighted by Gasteiger charge is -2.52. The van der Waals surface area contributed by atoms with E-state index in [1.807, 2.05) is 33.3 Å². The van der Waals surface area contributed by atoms with Crippen molar-refractivity contribution in [2.45, 2.75) is 137 Å². The van der Waals surface area contributed by atoms with Crippen LogP contribution in [0.4, 0.5) is 0 Å². The molecule has 9 unspecified atom stereocenters. The van der Waals surface area contributed by atoms with E-state index in [0.717, 1.165) is 49.5 Å². The minimum atomic E-state index is 0.0989. The van der Waals surface area contributed by atoms with E-state index in [1.54, 1.807) is 5.57 Å². The molecule has 2 saturated heterocycles. The average molecular weight is 472 g/mol. The second-order valence-corrected chi connectivity index (χ2v) is 12.5. The maximum Gasteiger partial charge on any atom is 0.133 e. The molecule has 3 saturated carbocycles. The van der Waals surface area contributed by atoms with Crippen molar-refractivity contribution in [2.24, 2.45) is 35.0 Å². The zero-order chi connectivity index (χ0) is 24.7. The summed E-state index contributed by atoms with van der Waals surface area (Å²) >= 11 is 0. The summed E-state index contributed by atoms with van der Waals surface area (Å²) in [4.78, 5) is 12.1. The zero-order valence-electron chi connectivity index (χ0n) is 23.3. The number of fused-ring (bicyclic) bond motifs is 6. The van der Waals surface area contributed by atoms with Crippen molar-refractivity contribution < 1.29 is 9.53 Å². The first-order valence-electron chi connectivity index (χ1n) is 15.0. The molecule has 0 radical (unpaired) electrons. The summed E-state index contributed by atoms with van der Waals surface area (Å²) < 4.78 is 6.90. The van der Waals surface area contributed by atoms with Crippen LogP contribution in [-0.4, -0.2) is 30.1 Å². The molecule has 34 heavy (non-hydrogen) atoms. The Hall–Kier alpha value is -0.670. The number of ether oxygens (including phenoxy) is 1. The molecule has 0 aromatic heterocycles. The molecule has 6 rings (SSSR count). The van der Waals surface area contributed by atoms with Crippen molar-refractivity contribution in [2.75, 3.05) is 6.54 Å². The van der Waals surface area contributed by atoms with E-state index in [9.17, 15) is 4.79 Å². The van der Waals surface area contributed by atoms with Gasteiger partial charge in [-0.15, -0.1) is 0 Å². The first-order chi connectivity index (χ1) is 16.4. The van der Waals surface area contributed by atoms with Gasteiger partial charge in [-0.25, -0.2) is 0 Å². The topological polar surface area (TPSA) is 38.3 Å². The highest BCUT2D eigenvalue weighted by Crippen LogP contribution is 2.64. The molecule has 5 fully saturated rings. The molecule has 0 bridgehead atoms. The van der Waals surface area contributed by atoms with E-state index < -0.39 is 0 Å². The van der Waals surface area contributed by atoms with Crippen LogP contribution < -0.4 is 5.32 Å². The van der Waals surface area contributed by atoms with Gasteiger partial charge in [0, 0.05) is 18.9 Å². The molecule has 3 heteroatoms. The highest BCUT2D eigenvalue weighted by Gasteiger charge is 2.57. The van der Waals surface area contributed by atoms with Gasteiger partial charge in [0.1, 0.15) is 5.78 Å². The minimum Gasteiger partial charge on any atom is -0.370 e. The van der Waals surface area contributed by atoms with Gasteiger partial charge < -0.3 is 10.1 Å². The lowest BCUT2D eigenvalue weighted by molar-refractivity contribution is -0.129. The molecule has 3 nitrogen and oxygen atoms in total. The van der Waals surface area contributed by atoms with Crippen molar-refractivity contribution >= 4 is 5.78 Å². The van der Waals surface area contributed by atoms with Crippen LogP contribution in [0.1, 0.15) is 119 Å². The number of hydrogen-bond acceptors (Lipinski definition) is 3. The van der Waals surface area contributed by atoms with Crippen molar-refractivity contribution in [3.63, 3.8) is 0 Å². The third kappa shape index (κ3) is 4.47. The number of carbonyl (C=O) groups is 1. The molecule has 2 aliphatic heterocycles. The van der Waals surface area contributed by atoms with Gasteiger partial charge in [-0.2, -0.15) is 0 Å².